The molecule has 1 N–H and O–H groups in total. The van der Waals surface area contributed by atoms with Crippen LogP contribution in [0.15, 0.2) is 46.0 Å². The molecule has 0 spiro atoms. The van der Waals surface area contributed by atoms with Crippen molar-refractivity contribution in [3.8, 4) is 0 Å². The minimum atomic E-state index is -3.49. The fraction of sp³-hybridized carbons (Fsp3) is 0.0909. The van der Waals surface area contributed by atoms with Crippen LogP contribution >= 0.6 is 22.9 Å². The highest BCUT2D eigenvalue weighted by atomic mass is 35.5. The minimum Gasteiger partial charge on any atom is -0.279 e. The number of hydrogen-bond donors (Lipinski definition) is 1. The van der Waals surface area contributed by atoms with Crippen molar-refractivity contribution < 1.29 is 8.42 Å². The molecule has 0 radical (unpaired) electrons. The Morgan fingerprint density at radius 3 is 2.59 bits per heavy atom. The second-order valence-corrected chi connectivity index (χ2v) is 6.45. The predicted octanol–water partition coefficient (Wildman–Crippen LogP) is 3.29. The van der Waals surface area contributed by atoms with E-state index in [0.29, 0.717) is 9.90 Å². The van der Waals surface area contributed by atoms with Crippen LogP contribution in [-0.4, -0.2) is 8.42 Å². The summed E-state index contributed by atoms with van der Waals surface area (Å²) < 4.78 is 26.8. The summed E-state index contributed by atoms with van der Waals surface area (Å²) >= 11 is 6.93. The Balaban J connectivity index is 2.33. The van der Waals surface area contributed by atoms with Gasteiger partial charge in [0, 0.05) is 5.88 Å². The number of anilines is 1. The number of alkyl halides is 1. The number of nitrogens with one attached hydrogen (secondary N) is 1. The number of halogens is 1. The highest BCUT2D eigenvalue weighted by Gasteiger charge is 2.16. The maximum atomic E-state index is 12.0. The van der Waals surface area contributed by atoms with Crippen LogP contribution in [0.1, 0.15) is 5.56 Å². The van der Waals surface area contributed by atoms with E-state index in [2.05, 4.69) is 4.72 Å². The molecule has 2 rings (SSSR count). The zero-order valence-corrected chi connectivity index (χ0v) is 11.1. The Morgan fingerprint density at radius 1 is 1.18 bits per heavy atom. The van der Waals surface area contributed by atoms with Gasteiger partial charge < -0.3 is 0 Å². The lowest BCUT2D eigenvalue weighted by Gasteiger charge is -2.09. The van der Waals surface area contributed by atoms with Gasteiger partial charge in [-0.1, -0.05) is 24.3 Å². The molecule has 3 nitrogen and oxygen atoms in total. The minimum absolute atomic E-state index is 0.267. The van der Waals surface area contributed by atoms with Crippen LogP contribution in [0.2, 0.25) is 0 Å². The van der Waals surface area contributed by atoms with Gasteiger partial charge in [-0.3, -0.25) is 4.72 Å². The fourth-order valence-electron chi connectivity index (χ4n) is 1.35. The molecule has 0 aliphatic rings. The van der Waals surface area contributed by atoms with E-state index in [1.807, 2.05) is 6.07 Å². The van der Waals surface area contributed by atoms with Crippen molar-refractivity contribution in [1.29, 1.82) is 0 Å². The Kier molecular flexibility index (Phi) is 3.71. The Morgan fingerprint density at radius 2 is 1.94 bits per heavy atom. The van der Waals surface area contributed by atoms with Crippen molar-refractivity contribution in [2.45, 2.75) is 10.1 Å². The summed E-state index contributed by atoms with van der Waals surface area (Å²) in [6.45, 7) is 0. The standard InChI is InChI=1S/C11H10ClNO2S2/c12-8-9-4-1-2-5-10(9)13-17(14,15)11-6-3-7-16-11/h1-7,13H,8H2. The Hall–Kier alpha value is -1.04. The lowest BCUT2D eigenvalue weighted by molar-refractivity contribution is 0.603. The molecule has 0 saturated carbocycles. The van der Waals surface area contributed by atoms with Gasteiger partial charge in [0.1, 0.15) is 4.21 Å². The molecular weight excluding hydrogens is 278 g/mol. The zero-order valence-electron chi connectivity index (χ0n) is 8.76. The summed E-state index contributed by atoms with van der Waals surface area (Å²) in [5.41, 5.74) is 1.28. The lowest BCUT2D eigenvalue weighted by atomic mass is 10.2. The van der Waals surface area contributed by atoms with Crippen molar-refractivity contribution in [3.05, 3.63) is 47.3 Å². The number of sulfonamides is 1. The van der Waals surface area contributed by atoms with Gasteiger partial charge in [-0.05, 0) is 23.1 Å². The monoisotopic (exact) mass is 287 g/mol. The summed E-state index contributed by atoms with van der Waals surface area (Å²) in [7, 11) is -3.49. The summed E-state index contributed by atoms with van der Waals surface area (Å²) in [6, 6.07) is 10.3. The third-order valence-electron chi connectivity index (χ3n) is 2.17. The molecule has 6 heteroatoms. The normalized spacial score (nSPS) is 11.4. The van der Waals surface area contributed by atoms with E-state index in [9.17, 15) is 8.42 Å². The van der Waals surface area contributed by atoms with Gasteiger partial charge in [-0.25, -0.2) is 8.42 Å². The molecule has 0 aliphatic carbocycles. The first-order valence-electron chi connectivity index (χ1n) is 4.83. The molecule has 0 aliphatic heterocycles. The number of rotatable bonds is 4. The molecule has 0 saturated heterocycles. The molecule has 0 fully saturated rings. The van der Waals surface area contributed by atoms with Gasteiger partial charge in [-0.2, -0.15) is 0 Å². The molecular formula is C11H10ClNO2S2. The van der Waals surface area contributed by atoms with E-state index in [1.54, 1.807) is 35.7 Å². The quantitative estimate of drug-likeness (QED) is 0.877. The van der Waals surface area contributed by atoms with Crippen LogP contribution in [0.25, 0.3) is 0 Å². The first kappa shape index (κ1) is 12.4. The fourth-order valence-corrected chi connectivity index (χ4v) is 3.67. The van der Waals surface area contributed by atoms with Gasteiger partial charge in [0.25, 0.3) is 10.0 Å². The molecule has 0 amide bonds. The maximum Gasteiger partial charge on any atom is 0.271 e. The lowest BCUT2D eigenvalue weighted by Crippen LogP contribution is -2.12. The number of thiophene rings is 1. The summed E-state index contributed by atoms with van der Waals surface area (Å²) in [5.74, 6) is 0.267. The highest BCUT2D eigenvalue weighted by Crippen LogP contribution is 2.23. The highest BCUT2D eigenvalue weighted by molar-refractivity contribution is 7.94. The zero-order chi connectivity index (χ0) is 12.3. The van der Waals surface area contributed by atoms with Crippen LogP contribution in [0.4, 0.5) is 5.69 Å². The van der Waals surface area contributed by atoms with Crippen molar-refractivity contribution >= 4 is 38.6 Å². The van der Waals surface area contributed by atoms with Gasteiger partial charge in [0.15, 0.2) is 0 Å². The van der Waals surface area contributed by atoms with Gasteiger partial charge in [0.05, 0.1) is 5.69 Å². The van der Waals surface area contributed by atoms with Crippen LogP contribution in [0.3, 0.4) is 0 Å². The Labute approximate surface area is 109 Å². The number of para-hydroxylation sites is 1. The smallest absolute Gasteiger partial charge is 0.271 e. The molecule has 17 heavy (non-hydrogen) atoms. The molecule has 90 valence electrons. The van der Waals surface area contributed by atoms with Crippen molar-refractivity contribution in [2.24, 2.45) is 0 Å². The van der Waals surface area contributed by atoms with Crippen LogP contribution in [-0.2, 0) is 15.9 Å². The molecule has 0 unspecified atom stereocenters. The molecule has 0 atom stereocenters. The van der Waals surface area contributed by atoms with Crippen molar-refractivity contribution in [1.82, 2.24) is 0 Å². The first-order valence-corrected chi connectivity index (χ1v) is 7.73. The summed E-state index contributed by atoms with van der Waals surface area (Å²) in [5, 5.41) is 1.72. The van der Waals surface area contributed by atoms with E-state index < -0.39 is 10.0 Å². The molecule has 1 aromatic carbocycles. The van der Waals surface area contributed by atoms with E-state index in [0.717, 1.165) is 5.56 Å². The summed E-state index contributed by atoms with van der Waals surface area (Å²) in [4.78, 5) is 0. The molecule has 0 bridgehead atoms. The largest absolute Gasteiger partial charge is 0.279 e. The Bertz CT molecular complexity index is 594. The average Bonchev–Trinajstić information content (AvgIpc) is 2.83. The van der Waals surface area contributed by atoms with E-state index in [-0.39, 0.29) is 5.88 Å². The van der Waals surface area contributed by atoms with Crippen LogP contribution < -0.4 is 4.72 Å². The maximum absolute atomic E-state index is 12.0. The predicted molar refractivity (Wildman–Crippen MR) is 71.1 cm³/mol. The molecule has 1 heterocycles. The van der Waals surface area contributed by atoms with E-state index >= 15 is 0 Å². The van der Waals surface area contributed by atoms with Gasteiger partial charge in [-0.15, -0.1) is 22.9 Å². The second kappa shape index (κ2) is 5.08. The van der Waals surface area contributed by atoms with Gasteiger partial charge in [0.2, 0.25) is 0 Å². The topological polar surface area (TPSA) is 46.2 Å². The SMILES string of the molecule is O=S(=O)(Nc1ccccc1CCl)c1cccs1. The second-order valence-electron chi connectivity index (χ2n) is 3.33. The number of benzene rings is 1. The molecule has 2 aromatic rings. The van der Waals surface area contributed by atoms with E-state index in [4.69, 9.17) is 11.6 Å². The third kappa shape index (κ3) is 2.80. The van der Waals surface area contributed by atoms with Crippen LogP contribution in [0, 0.1) is 0 Å². The number of hydrogen-bond acceptors (Lipinski definition) is 3. The average molecular weight is 288 g/mol. The summed E-state index contributed by atoms with van der Waals surface area (Å²) in [6.07, 6.45) is 0. The van der Waals surface area contributed by atoms with Crippen molar-refractivity contribution in [3.63, 3.8) is 0 Å². The first-order chi connectivity index (χ1) is 8.13. The third-order valence-corrected chi connectivity index (χ3v) is 5.22. The van der Waals surface area contributed by atoms with Crippen LogP contribution in [0.5, 0.6) is 0 Å². The molecule has 1 aromatic heterocycles. The van der Waals surface area contributed by atoms with Crippen molar-refractivity contribution in [2.75, 3.05) is 4.72 Å². The van der Waals surface area contributed by atoms with Gasteiger partial charge >= 0.3 is 0 Å². The van der Waals surface area contributed by atoms with E-state index in [1.165, 1.54) is 11.3 Å².